The van der Waals surface area contributed by atoms with Gasteiger partial charge in [0.05, 0.1) is 35.7 Å². The molecule has 4 aromatic rings. The zero-order valence-electron chi connectivity index (χ0n) is 17.5. The van der Waals surface area contributed by atoms with E-state index in [1.54, 1.807) is 30.6 Å². The molecule has 0 aliphatic carbocycles. The molecule has 0 saturated heterocycles. The number of ether oxygens (including phenoxy) is 2. The highest BCUT2D eigenvalue weighted by Gasteiger charge is 2.16. The van der Waals surface area contributed by atoms with E-state index in [0.717, 1.165) is 16.5 Å². The molecule has 4 rings (SSSR count). The first-order chi connectivity index (χ1) is 15.2. The predicted octanol–water partition coefficient (Wildman–Crippen LogP) is 5.35. The van der Waals surface area contributed by atoms with Crippen molar-refractivity contribution < 1.29 is 14.3 Å². The predicted molar refractivity (Wildman–Crippen MR) is 122 cm³/mol. The van der Waals surface area contributed by atoms with Gasteiger partial charge in [-0.15, -0.1) is 0 Å². The molecule has 0 bridgehead atoms. The Labute approximate surface area is 180 Å². The van der Waals surface area contributed by atoms with Gasteiger partial charge in [-0.2, -0.15) is 0 Å². The van der Waals surface area contributed by atoms with Crippen LogP contribution in [0.5, 0.6) is 11.5 Å². The molecule has 1 amide bonds. The molecule has 0 aliphatic rings. The smallest absolute Gasteiger partial charge is 0.256 e. The minimum Gasteiger partial charge on any atom is -0.494 e. The van der Waals surface area contributed by atoms with Crippen LogP contribution >= 0.6 is 0 Å². The maximum atomic E-state index is 13.4. The summed E-state index contributed by atoms with van der Waals surface area (Å²) in [6, 6.07) is 18.6. The fraction of sp³-hybridized carbons (Fsp3) is 0.160. The average molecular weight is 413 g/mol. The molecule has 31 heavy (non-hydrogen) atoms. The molecule has 156 valence electrons. The van der Waals surface area contributed by atoms with E-state index in [2.05, 4.69) is 10.3 Å². The summed E-state index contributed by atoms with van der Waals surface area (Å²) in [4.78, 5) is 22.3. The van der Waals surface area contributed by atoms with Crippen LogP contribution in [0.1, 0.15) is 24.2 Å². The highest BCUT2D eigenvalue weighted by atomic mass is 16.5. The van der Waals surface area contributed by atoms with Crippen molar-refractivity contribution in [3.63, 3.8) is 0 Å². The number of hydrogen-bond donors (Lipinski definition) is 1. The monoisotopic (exact) mass is 413 g/mol. The SMILES string of the molecule is CCOc1ccc(OCC)c(NC(=O)c2cc(-c3cccnc3)nc3ccccc23)c1. The molecule has 0 fully saturated rings. The lowest BCUT2D eigenvalue weighted by atomic mass is 10.0. The van der Waals surface area contributed by atoms with Crippen molar-refractivity contribution in [1.82, 2.24) is 9.97 Å². The van der Waals surface area contributed by atoms with Gasteiger partial charge in [-0.25, -0.2) is 4.98 Å². The number of para-hydroxylation sites is 1. The topological polar surface area (TPSA) is 73.3 Å². The highest BCUT2D eigenvalue weighted by Crippen LogP contribution is 2.31. The molecule has 1 N–H and O–H groups in total. The molecule has 6 heteroatoms. The van der Waals surface area contributed by atoms with Gasteiger partial charge in [-0.3, -0.25) is 9.78 Å². The number of nitrogens with zero attached hydrogens (tertiary/aromatic N) is 2. The average Bonchev–Trinajstić information content (AvgIpc) is 2.81. The molecule has 0 spiro atoms. The molecule has 0 saturated carbocycles. The number of hydrogen-bond acceptors (Lipinski definition) is 5. The van der Waals surface area contributed by atoms with Crippen LogP contribution in [0.2, 0.25) is 0 Å². The van der Waals surface area contributed by atoms with Gasteiger partial charge in [-0.05, 0) is 50.2 Å². The third kappa shape index (κ3) is 4.48. The lowest BCUT2D eigenvalue weighted by Crippen LogP contribution is -2.14. The molecule has 2 aromatic carbocycles. The summed E-state index contributed by atoms with van der Waals surface area (Å²) in [6.45, 7) is 4.83. The molecule has 0 unspecified atom stereocenters. The summed E-state index contributed by atoms with van der Waals surface area (Å²) in [5.41, 5.74) is 3.35. The van der Waals surface area contributed by atoms with Crippen molar-refractivity contribution in [1.29, 1.82) is 0 Å². The van der Waals surface area contributed by atoms with Gasteiger partial charge in [0, 0.05) is 29.4 Å². The first-order valence-electron chi connectivity index (χ1n) is 10.2. The number of aromatic nitrogens is 2. The van der Waals surface area contributed by atoms with E-state index in [1.807, 2.05) is 56.3 Å². The van der Waals surface area contributed by atoms with Gasteiger partial charge in [0.1, 0.15) is 11.5 Å². The highest BCUT2D eigenvalue weighted by molar-refractivity contribution is 6.13. The molecular formula is C25H23N3O3. The summed E-state index contributed by atoms with van der Waals surface area (Å²) < 4.78 is 11.3. The number of anilines is 1. The fourth-order valence-electron chi connectivity index (χ4n) is 3.36. The molecule has 2 heterocycles. The van der Waals surface area contributed by atoms with Crippen molar-refractivity contribution >= 4 is 22.5 Å². The Bertz CT molecular complexity index is 1210. The second-order valence-electron chi connectivity index (χ2n) is 6.79. The molecule has 0 atom stereocenters. The Morgan fingerprint density at radius 3 is 2.58 bits per heavy atom. The van der Waals surface area contributed by atoms with Gasteiger partial charge in [0.15, 0.2) is 0 Å². The number of rotatable bonds is 7. The van der Waals surface area contributed by atoms with Crippen molar-refractivity contribution in [2.45, 2.75) is 13.8 Å². The van der Waals surface area contributed by atoms with Crippen LogP contribution in [-0.4, -0.2) is 29.1 Å². The second-order valence-corrected chi connectivity index (χ2v) is 6.79. The number of carbonyl (C=O) groups is 1. The van der Waals surface area contributed by atoms with E-state index < -0.39 is 0 Å². The van der Waals surface area contributed by atoms with Crippen molar-refractivity contribution in [3.8, 4) is 22.8 Å². The van der Waals surface area contributed by atoms with Crippen LogP contribution in [0.4, 0.5) is 5.69 Å². The number of pyridine rings is 2. The van der Waals surface area contributed by atoms with Gasteiger partial charge in [0.25, 0.3) is 5.91 Å². The summed E-state index contributed by atoms with van der Waals surface area (Å²) in [6.07, 6.45) is 3.44. The first kappa shape index (κ1) is 20.3. The summed E-state index contributed by atoms with van der Waals surface area (Å²) >= 11 is 0. The Balaban J connectivity index is 1.77. The fourth-order valence-corrected chi connectivity index (χ4v) is 3.36. The largest absolute Gasteiger partial charge is 0.494 e. The summed E-state index contributed by atoms with van der Waals surface area (Å²) in [7, 11) is 0. The number of fused-ring (bicyclic) bond motifs is 1. The zero-order valence-corrected chi connectivity index (χ0v) is 17.5. The minimum absolute atomic E-state index is 0.252. The van der Waals surface area contributed by atoms with Gasteiger partial charge < -0.3 is 14.8 Å². The van der Waals surface area contributed by atoms with Crippen LogP contribution in [0.15, 0.2) is 73.1 Å². The number of benzene rings is 2. The van der Waals surface area contributed by atoms with E-state index >= 15 is 0 Å². The maximum absolute atomic E-state index is 13.4. The molecule has 6 nitrogen and oxygen atoms in total. The molecular weight excluding hydrogens is 390 g/mol. The Morgan fingerprint density at radius 2 is 1.81 bits per heavy atom. The van der Waals surface area contributed by atoms with Crippen LogP contribution in [0.3, 0.4) is 0 Å². The van der Waals surface area contributed by atoms with Gasteiger partial charge in [-0.1, -0.05) is 18.2 Å². The Morgan fingerprint density at radius 1 is 0.968 bits per heavy atom. The zero-order chi connectivity index (χ0) is 21.6. The third-order valence-electron chi connectivity index (χ3n) is 4.73. The molecule has 0 radical (unpaired) electrons. The summed E-state index contributed by atoms with van der Waals surface area (Å²) in [5, 5.41) is 3.76. The van der Waals surface area contributed by atoms with Gasteiger partial charge in [0.2, 0.25) is 0 Å². The normalized spacial score (nSPS) is 10.6. The molecule has 0 aliphatic heterocycles. The van der Waals surface area contributed by atoms with Crippen LogP contribution in [-0.2, 0) is 0 Å². The van der Waals surface area contributed by atoms with Crippen LogP contribution < -0.4 is 14.8 Å². The second kappa shape index (κ2) is 9.26. The van der Waals surface area contributed by atoms with E-state index in [-0.39, 0.29) is 5.91 Å². The van der Waals surface area contributed by atoms with E-state index in [1.165, 1.54) is 0 Å². The number of carbonyl (C=O) groups excluding carboxylic acids is 1. The standard InChI is InChI=1S/C25H23N3O3/c1-3-30-18-11-12-24(31-4-2)23(14-18)28-25(29)20-15-22(17-8-7-13-26-16-17)27-21-10-6-5-9-19(20)21/h5-16H,3-4H2,1-2H3,(H,28,29). The number of amides is 1. The lowest BCUT2D eigenvalue weighted by molar-refractivity contribution is 0.102. The lowest BCUT2D eigenvalue weighted by Gasteiger charge is -2.15. The first-order valence-corrected chi connectivity index (χ1v) is 10.2. The maximum Gasteiger partial charge on any atom is 0.256 e. The quantitative estimate of drug-likeness (QED) is 0.442. The van der Waals surface area contributed by atoms with Crippen molar-refractivity contribution in [2.75, 3.05) is 18.5 Å². The van der Waals surface area contributed by atoms with E-state index in [0.29, 0.717) is 41.7 Å². The van der Waals surface area contributed by atoms with Crippen molar-refractivity contribution in [3.05, 3.63) is 78.6 Å². The molecule has 2 aromatic heterocycles. The van der Waals surface area contributed by atoms with E-state index in [9.17, 15) is 4.79 Å². The van der Waals surface area contributed by atoms with Crippen molar-refractivity contribution in [2.24, 2.45) is 0 Å². The summed E-state index contributed by atoms with van der Waals surface area (Å²) in [5.74, 6) is 1.00. The third-order valence-corrected chi connectivity index (χ3v) is 4.73. The minimum atomic E-state index is -0.252. The Kier molecular flexibility index (Phi) is 6.08. The van der Waals surface area contributed by atoms with E-state index in [4.69, 9.17) is 14.5 Å². The van der Waals surface area contributed by atoms with Crippen LogP contribution in [0, 0.1) is 0 Å². The Hall–Kier alpha value is -3.93. The van der Waals surface area contributed by atoms with Crippen LogP contribution in [0.25, 0.3) is 22.2 Å². The number of nitrogens with one attached hydrogen (secondary N) is 1. The van der Waals surface area contributed by atoms with Gasteiger partial charge >= 0.3 is 0 Å².